The number of ether oxygens (including phenoxy) is 3. The summed E-state index contributed by atoms with van der Waals surface area (Å²) in [6.07, 6.45) is -1.45. The van der Waals surface area contributed by atoms with E-state index >= 15 is 0 Å². The number of halogens is 3. The monoisotopic (exact) mass is 473 g/mol. The maximum atomic E-state index is 12.8. The van der Waals surface area contributed by atoms with Gasteiger partial charge in [0.1, 0.15) is 23.1 Å². The summed E-state index contributed by atoms with van der Waals surface area (Å²) < 4.78 is 53.9. The topological polar surface area (TPSA) is 73.8 Å². The molecule has 0 unspecified atom stereocenters. The normalized spacial score (nSPS) is 13.3. The van der Waals surface area contributed by atoms with E-state index in [4.69, 9.17) is 9.47 Å². The van der Waals surface area contributed by atoms with Crippen LogP contribution in [0.15, 0.2) is 48.8 Å². The van der Waals surface area contributed by atoms with Gasteiger partial charge in [-0.3, -0.25) is 4.90 Å². The third-order valence-corrected chi connectivity index (χ3v) is 5.17. The minimum absolute atomic E-state index is 0.177. The van der Waals surface area contributed by atoms with Crippen LogP contribution in [0.5, 0.6) is 17.2 Å². The third kappa shape index (κ3) is 5.22. The van der Waals surface area contributed by atoms with E-state index in [1.807, 2.05) is 13.0 Å². The highest BCUT2D eigenvalue weighted by Gasteiger charge is 2.33. The standard InChI is InChI=1S/C24H22F3N3O4/c1-3-11-32-22-15(2)19(34-24(25,26)27)8-6-18(22)16-5-7-20-17(12-16)13-30(23(31)33-20)14-21-28-9-4-10-29-21/h4-10,12H,3,11,13-14H2,1-2H3. The number of aromatic nitrogens is 2. The van der Waals surface area contributed by atoms with Crippen LogP contribution < -0.4 is 14.2 Å². The van der Waals surface area contributed by atoms with E-state index in [2.05, 4.69) is 14.7 Å². The van der Waals surface area contributed by atoms with Gasteiger partial charge in [-0.15, -0.1) is 13.2 Å². The minimum Gasteiger partial charge on any atom is -0.493 e. The quantitative estimate of drug-likeness (QED) is 0.441. The number of carbonyl (C=O) groups excluding carboxylic acids is 1. The highest BCUT2D eigenvalue weighted by atomic mass is 19.4. The predicted molar refractivity (Wildman–Crippen MR) is 116 cm³/mol. The van der Waals surface area contributed by atoms with E-state index in [1.54, 1.807) is 30.6 Å². The molecular formula is C24H22F3N3O4. The molecule has 4 rings (SSSR count). The van der Waals surface area contributed by atoms with E-state index in [9.17, 15) is 18.0 Å². The Morgan fingerprint density at radius 1 is 1.15 bits per heavy atom. The van der Waals surface area contributed by atoms with Crippen LogP contribution in [0, 0.1) is 6.92 Å². The van der Waals surface area contributed by atoms with Crippen LogP contribution in [0.25, 0.3) is 11.1 Å². The second kappa shape index (κ2) is 9.58. The molecule has 1 aliphatic rings. The van der Waals surface area contributed by atoms with Gasteiger partial charge in [-0.2, -0.15) is 0 Å². The summed E-state index contributed by atoms with van der Waals surface area (Å²) in [5.41, 5.74) is 2.30. The maximum Gasteiger partial charge on any atom is 0.573 e. The van der Waals surface area contributed by atoms with Gasteiger partial charge in [0.05, 0.1) is 19.7 Å². The maximum absolute atomic E-state index is 12.8. The Balaban J connectivity index is 1.67. The number of alkyl halides is 3. The number of nitrogens with zero attached hydrogens (tertiary/aromatic N) is 3. The van der Waals surface area contributed by atoms with Crippen LogP contribution in [-0.2, 0) is 13.1 Å². The van der Waals surface area contributed by atoms with E-state index < -0.39 is 12.5 Å². The molecule has 0 saturated heterocycles. The summed E-state index contributed by atoms with van der Waals surface area (Å²) >= 11 is 0. The van der Waals surface area contributed by atoms with Crippen molar-refractivity contribution in [1.29, 1.82) is 0 Å². The smallest absolute Gasteiger partial charge is 0.493 e. The first-order valence-electron chi connectivity index (χ1n) is 10.6. The lowest BCUT2D eigenvalue weighted by Gasteiger charge is -2.28. The largest absolute Gasteiger partial charge is 0.573 e. The fourth-order valence-electron chi connectivity index (χ4n) is 3.63. The van der Waals surface area contributed by atoms with Gasteiger partial charge in [0, 0.05) is 29.1 Å². The lowest BCUT2D eigenvalue weighted by molar-refractivity contribution is -0.274. The number of fused-ring (bicyclic) bond motifs is 1. The van der Waals surface area contributed by atoms with E-state index in [0.29, 0.717) is 41.5 Å². The molecule has 0 atom stereocenters. The molecule has 34 heavy (non-hydrogen) atoms. The molecule has 0 spiro atoms. The zero-order valence-corrected chi connectivity index (χ0v) is 18.6. The summed E-state index contributed by atoms with van der Waals surface area (Å²) in [6, 6.07) is 9.72. The average Bonchev–Trinajstić information content (AvgIpc) is 2.80. The van der Waals surface area contributed by atoms with Gasteiger partial charge >= 0.3 is 12.5 Å². The van der Waals surface area contributed by atoms with Crippen molar-refractivity contribution in [3.8, 4) is 28.4 Å². The molecule has 2 aromatic carbocycles. The van der Waals surface area contributed by atoms with Crippen molar-refractivity contribution in [3.63, 3.8) is 0 Å². The first-order valence-corrected chi connectivity index (χ1v) is 10.6. The first-order chi connectivity index (χ1) is 16.2. The Hall–Kier alpha value is -3.82. The van der Waals surface area contributed by atoms with Crippen LogP contribution in [0.2, 0.25) is 0 Å². The number of hydrogen-bond donors (Lipinski definition) is 0. The summed E-state index contributed by atoms with van der Waals surface area (Å²) in [7, 11) is 0. The van der Waals surface area contributed by atoms with Gasteiger partial charge in [0.15, 0.2) is 0 Å². The van der Waals surface area contributed by atoms with Crippen molar-refractivity contribution in [1.82, 2.24) is 14.9 Å². The molecule has 1 amide bonds. The van der Waals surface area contributed by atoms with E-state index in [1.165, 1.54) is 24.0 Å². The van der Waals surface area contributed by atoms with E-state index in [-0.39, 0.29) is 24.4 Å². The minimum atomic E-state index is -4.81. The van der Waals surface area contributed by atoms with Gasteiger partial charge in [0.25, 0.3) is 0 Å². The Kier molecular flexibility index (Phi) is 6.58. The Morgan fingerprint density at radius 2 is 1.91 bits per heavy atom. The number of hydrogen-bond acceptors (Lipinski definition) is 6. The molecular weight excluding hydrogens is 451 g/mol. The van der Waals surface area contributed by atoms with E-state index in [0.717, 1.165) is 5.56 Å². The molecule has 0 bridgehead atoms. The second-order valence-corrected chi connectivity index (χ2v) is 7.67. The molecule has 178 valence electrons. The average molecular weight is 473 g/mol. The molecule has 0 aliphatic carbocycles. The van der Waals surface area contributed by atoms with Gasteiger partial charge in [-0.05, 0) is 49.2 Å². The Morgan fingerprint density at radius 3 is 2.62 bits per heavy atom. The van der Waals surface area contributed by atoms with Gasteiger partial charge < -0.3 is 14.2 Å². The van der Waals surface area contributed by atoms with Gasteiger partial charge in [-0.1, -0.05) is 13.0 Å². The number of benzene rings is 2. The SMILES string of the molecule is CCCOc1c(-c2ccc3c(c2)CN(Cc2ncccn2)C(=O)O3)ccc(OC(F)(F)F)c1C. The van der Waals surface area contributed by atoms with Gasteiger partial charge in [0.2, 0.25) is 0 Å². The zero-order chi connectivity index (χ0) is 24.3. The van der Waals surface area contributed by atoms with Crippen molar-refractivity contribution in [3.05, 3.63) is 65.7 Å². The van der Waals surface area contributed by atoms with Crippen molar-refractivity contribution in [2.75, 3.05) is 6.61 Å². The first kappa shape index (κ1) is 23.3. The van der Waals surface area contributed by atoms with Crippen LogP contribution in [0.3, 0.4) is 0 Å². The number of amides is 1. The molecule has 1 aromatic heterocycles. The number of rotatable bonds is 7. The highest BCUT2D eigenvalue weighted by molar-refractivity contribution is 5.78. The molecule has 2 heterocycles. The predicted octanol–water partition coefficient (Wildman–Crippen LogP) is 5.65. The highest BCUT2D eigenvalue weighted by Crippen LogP contribution is 2.41. The van der Waals surface area contributed by atoms with Crippen LogP contribution in [0.1, 0.15) is 30.3 Å². The van der Waals surface area contributed by atoms with Crippen molar-refractivity contribution in [2.45, 2.75) is 39.7 Å². The summed E-state index contributed by atoms with van der Waals surface area (Å²) in [5.74, 6) is 0.892. The fraction of sp³-hybridized carbons (Fsp3) is 0.292. The van der Waals surface area contributed by atoms with Crippen LogP contribution >= 0.6 is 0 Å². The molecule has 3 aromatic rings. The van der Waals surface area contributed by atoms with Crippen molar-refractivity contribution >= 4 is 6.09 Å². The summed E-state index contributed by atoms with van der Waals surface area (Å²) in [4.78, 5) is 22.2. The summed E-state index contributed by atoms with van der Waals surface area (Å²) in [5, 5.41) is 0. The number of carbonyl (C=O) groups is 1. The Labute approximate surface area is 194 Å². The van der Waals surface area contributed by atoms with Gasteiger partial charge in [-0.25, -0.2) is 14.8 Å². The molecule has 7 nitrogen and oxygen atoms in total. The molecule has 0 N–H and O–H groups in total. The second-order valence-electron chi connectivity index (χ2n) is 7.67. The fourth-order valence-corrected chi connectivity index (χ4v) is 3.63. The molecule has 0 fully saturated rings. The molecule has 10 heteroatoms. The summed E-state index contributed by atoms with van der Waals surface area (Å²) in [6.45, 7) is 4.20. The van der Waals surface area contributed by atoms with Crippen molar-refractivity contribution in [2.24, 2.45) is 0 Å². The zero-order valence-electron chi connectivity index (χ0n) is 18.6. The molecule has 0 saturated carbocycles. The lowest BCUT2D eigenvalue weighted by atomic mass is 9.98. The van der Waals surface area contributed by atoms with Crippen LogP contribution in [0.4, 0.5) is 18.0 Å². The third-order valence-electron chi connectivity index (χ3n) is 5.17. The Bertz CT molecular complexity index is 1190. The molecule has 1 aliphatic heterocycles. The lowest BCUT2D eigenvalue weighted by Crippen LogP contribution is -2.36. The molecule has 0 radical (unpaired) electrons. The van der Waals surface area contributed by atoms with Crippen molar-refractivity contribution < 1.29 is 32.2 Å². The van der Waals surface area contributed by atoms with Crippen LogP contribution in [-0.4, -0.2) is 33.9 Å².